The number of ether oxygens (including phenoxy) is 1. The van der Waals surface area contributed by atoms with Gasteiger partial charge in [0, 0.05) is 16.2 Å². The van der Waals surface area contributed by atoms with Gasteiger partial charge in [0.2, 0.25) is 0 Å². The summed E-state index contributed by atoms with van der Waals surface area (Å²) in [4.78, 5) is 38.1. The lowest BCUT2D eigenvalue weighted by Gasteiger charge is -2.21. The monoisotopic (exact) mass is 922 g/mol. The van der Waals surface area contributed by atoms with Gasteiger partial charge in [0.1, 0.15) is 17.3 Å². The predicted octanol–water partition coefficient (Wildman–Crippen LogP) is 16.4. The zero-order chi connectivity index (χ0) is 49.7. The van der Waals surface area contributed by atoms with E-state index in [-0.39, 0.29) is 22.1 Å². The summed E-state index contributed by atoms with van der Waals surface area (Å²) < 4.78 is 17.1. The molecule has 6 nitrogen and oxygen atoms in total. The van der Waals surface area contributed by atoms with Gasteiger partial charge < -0.3 is 13.6 Å². The van der Waals surface area contributed by atoms with Crippen LogP contribution in [0.5, 0.6) is 0 Å². The average Bonchev–Trinajstić information content (AvgIpc) is 3.33. The number of carbonyl (C=O) groups is 1. The summed E-state index contributed by atoms with van der Waals surface area (Å²) in [5.74, 6) is 1.85. The summed E-state index contributed by atoms with van der Waals surface area (Å²) in [7, 11) is 0. The minimum Gasteiger partial charge on any atom is -0.433 e. The van der Waals surface area contributed by atoms with E-state index in [1.165, 1.54) is 0 Å². The Balaban J connectivity index is 1.27. The molecule has 0 saturated heterocycles. The van der Waals surface area contributed by atoms with Crippen molar-refractivity contribution in [3.63, 3.8) is 0 Å². The standard InChI is InChI=1S/C64H58O6/c1-39-23-24-40(29-43(39)35-57(68-38-65)62(2,3)4)49-17-11-14-20-52(49)44-32-45(53-21-15-12-18-50(53)41-25-27-55-47(30-41)36-58(63(5,6)7)69-60(55)66)34-46(33-44)54-22-16-13-19-51(54)42-26-28-56-48(31-42)37-59(64(8,9)10)70-61(56)67/h11-38H,1-10H3/b57-35-. The fraction of sp³-hybridized carbons (Fsp3) is 0.203. The molecule has 9 rings (SSSR count). The molecule has 0 unspecified atom stereocenters. The number of hydrogen-bond donors (Lipinski definition) is 0. The second-order valence-electron chi connectivity index (χ2n) is 21.4. The Labute approximate surface area is 409 Å². The maximum absolute atomic E-state index is 13.3. The van der Waals surface area contributed by atoms with Gasteiger partial charge in [-0.15, -0.1) is 0 Å². The Bertz CT molecular complexity index is 3480. The Morgan fingerprint density at radius 1 is 0.443 bits per heavy atom. The number of allylic oxidation sites excluding steroid dienone is 1. The second-order valence-corrected chi connectivity index (χ2v) is 21.4. The highest BCUT2D eigenvalue weighted by Gasteiger charge is 2.23. The van der Waals surface area contributed by atoms with Crippen LogP contribution >= 0.6 is 0 Å². The Kier molecular flexibility index (Phi) is 12.3. The lowest BCUT2D eigenvalue weighted by atomic mass is 9.85. The first kappa shape index (κ1) is 47.2. The highest BCUT2D eigenvalue weighted by Crippen LogP contribution is 2.43. The van der Waals surface area contributed by atoms with Gasteiger partial charge in [0.05, 0.1) is 10.8 Å². The maximum atomic E-state index is 13.3. The molecular formula is C64H58O6. The van der Waals surface area contributed by atoms with Crippen LogP contribution in [0.25, 0.3) is 94.4 Å². The molecule has 2 heterocycles. The molecule has 7 aromatic carbocycles. The van der Waals surface area contributed by atoms with Crippen molar-refractivity contribution >= 4 is 34.1 Å². The van der Waals surface area contributed by atoms with Crippen molar-refractivity contribution in [1.29, 1.82) is 0 Å². The smallest absolute Gasteiger partial charge is 0.343 e. The zero-order valence-corrected chi connectivity index (χ0v) is 41.6. The number of aryl methyl sites for hydroxylation is 1. The van der Waals surface area contributed by atoms with Gasteiger partial charge in [-0.05, 0) is 162 Å². The van der Waals surface area contributed by atoms with E-state index >= 15 is 0 Å². The van der Waals surface area contributed by atoms with E-state index in [1.54, 1.807) is 0 Å². The Morgan fingerprint density at radius 3 is 1.16 bits per heavy atom. The molecule has 350 valence electrons. The van der Waals surface area contributed by atoms with Crippen LogP contribution in [0.1, 0.15) is 85.0 Å². The van der Waals surface area contributed by atoms with Gasteiger partial charge in [-0.1, -0.05) is 159 Å². The zero-order valence-electron chi connectivity index (χ0n) is 41.6. The molecule has 0 aliphatic heterocycles. The van der Waals surface area contributed by atoms with Gasteiger partial charge in [-0.2, -0.15) is 0 Å². The molecule has 0 spiro atoms. The van der Waals surface area contributed by atoms with Gasteiger partial charge in [-0.3, -0.25) is 4.79 Å². The van der Waals surface area contributed by atoms with Crippen LogP contribution in [0.3, 0.4) is 0 Å². The first-order valence-corrected chi connectivity index (χ1v) is 23.8. The van der Waals surface area contributed by atoms with E-state index in [0.29, 0.717) is 34.5 Å². The molecule has 2 aromatic heterocycles. The van der Waals surface area contributed by atoms with Crippen molar-refractivity contribution in [2.45, 2.75) is 80.1 Å². The minimum absolute atomic E-state index is 0.345. The summed E-state index contributed by atoms with van der Waals surface area (Å²) in [5.41, 5.74) is 12.4. The molecule has 0 N–H and O–H groups in total. The summed E-state index contributed by atoms with van der Waals surface area (Å²) in [5, 5.41) is 2.73. The molecule has 0 saturated carbocycles. The highest BCUT2D eigenvalue weighted by molar-refractivity contribution is 5.97. The van der Waals surface area contributed by atoms with Crippen molar-refractivity contribution in [2.24, 2.45) is 5.41 Å². The van der Waals surface area contributed by atoms with Crippen molar-refractivity contribution in [1.82, 2.24) is 0 Å². The molecule has 6 heteroatoms. The third kappa shape index (κ3) is 9.47. The molecular weight excluding hydrogens is 865 g/mol. The average molecular weight is 923 g/mol. The Hall–Kier alpha value is -7.83. The van der Waals surface area contributed by atoms with E-state index in [4.69, 9.17) is 13.6 Å². The van der Waals surface area contributed by atoms with E-state index in [9.17, 15) is 14.4 Å². The molecule has 9 aromatic rings. The maximum Gasteiger partial charge on any atom is 0.343 e. The molecule has 0 radical (unpaired) electrons. The first-order chi connectivity index (χ1) is 33.3. The predicted molar refractivity (Wildman–Crippen MR) is 288 cm³/mol. The van der Waals surface area contributed by atoms with E-state index in [2.05, 4.69) is 128 Å². The van der Waals surface area contributed by atoms with Gasteiger partial charge in [0.25, 0.3) is 6.47 Å². The molecule has 0 fully saturated rings. The number of carbonyl (C=O) groups excluding carboxylic acids is 1. The lowest BCUT2D eigenvalue weighted by Crippen LogP contribution is -2.14. The largest absolute Gasteiger partial charge is 0.433 e. The molecule has 0 amide bonds. The third-order valence-corrected chi connectivity index (χ3v) is 13.1. The summed E-state index contributed by atoms with van der Waals surface area (Å²) in [6, 6.07) is 54.5. The van der Waals surface area contributed by atoms with Crippen molar-refractivity contribution in [2.75, 3.05) is 0 Å². The van der Waals surface area contributed by atoms with E-state index in [0.717, 1.165) is 88.7 Å². The Morgan fingerprint density at radius 2 is 0.800 bits per heavy atom. The minimum atomic E-state index is -0.390. The number of rotatable bonds is 9. The van der Waals surface area contributed by atoms with Crippen LogP contribution < -0.4 is 11.3 Å². The SMILES string of the molecule is Cc1ccc(-c2ccccc2-c2cc(-c3ccccc3-c3ccc4c(=O)oc(C(C)(C)C)cc4c3)cc(-c3ccccc3-c3ccc4c(=O)oc(C(C)(C)C)cc4c3)c2)cc1/C=C(\OC=O)C(C)(C)C. The van der Waals surface area contributed by atoms with Crippen molar-refractivity contribution < 1.29 is 18.4 Å². The molecule has 70 heavy (non-hydrogen) atoms. The van der Waals surface area contributed by atoms with Crippen LogP contribution in [0.15, 0.2) is 182 Å². The third-order valence-electron chi connectivity index (χ3n) is 13.1. The molecule has 0 aliphatic carbocycles. The van der Waals surface area contributed by atoms with E-state index in [1.807, 2.05) is 105 Å². The van der Waals surface area contributed by atoms with Crippen LogP contribution in [0.2, 0.25) is 0 Å². The van der Waals surface area contributed by atoms with Crippen LogP contribution in [0, 0.1) is 12.3 Å². The normalized spacial score (nSPS) is 12.4. The van der Waals surface area contributed by atoms with Gasteiger partial charge >= 0.3 is 11.3 Å². The highest BCUT2D eigenvalue weighted by atomic mass is 16.5. The number of benzene rings is 7. The summed E-state index contributed by atoms with van der Waals surface area (Å²) >= 11 is 0. The second kappa shape index (κ2) is 18.2. The van der Waals surface area contributed by atoms with Crippen molar-refractivity contribution in [3.05, 3.63) is 207 Å². The lowest BCUT2D eigenvalue weighted by molar-refractivity contribution is -0.126. The molecule has 0 bridgehead atoms. The quantitative estimate of drug-likeness (QED) is 0.106. The number of hydrogen-bond acceptors (Lipinski definition) is 6. The molecule has 0 aliphatic rings. The summed E-state index contributed by atoms with van der Waals surface area (Å²) in [6.07, 6.45) is 1.97. The topological polar surface area (TPSA) is 86.7 Å². The van der Waals surface area contributed by atoms with Gasteiger partial charge in [0.15, 0.2) is 0 Å². The van der Waals surface area contributed by atoms with Crippen molar-refractivity contribution in [3.8, 4) is 66.8 Å². The van der Waals surface area contributed by atoms with Gasteiger partial charge in [-0.25, -0.2) is 9.59 Å². The fourth-order valence-electron chi connectivity index (χ4n) is 9.10. The van der Waals surface area contributed by atoms with Crippen LogP contribution in [-0.2, 0) is 20.4 Å². The van der Waals surface area contributed by atoms with Crippen LogP contribution in [-0.4, -0.2) is 6.47 Å². The van der Waals surface area contributed by atoms with E-state index < -0.39 is 5.41 Å². The fourth-order valence-corrected chi connectivity index (χ4v) is 9.10. The first-order valence-electron chi connectivity index (χ1n) is 23.8. The molecule has 0 atom stereocenters. The van der Waals surface area contributed by atoms with Crippen LogP contribution in [0.4, 0.5) is 0 Å². The summed E-state index contributed by atoms with van der Waals surface area (Å²) in [6.45, 7) is 20.9. The number of fused-ring (bicyclic) bond motifs is 2.